The van der Waals surface area contributed by atoms with E-state index in [1.165, 1.54) is 5.56 Å². The minimum atomic E-state index is 0.172. The summed E-state index contributed by atoms with van der Waals surface area (Å²) in [6.45, 7) is 4.23. The van der Waals surface area contributed by atoms with Crippen LogP contribution in [0, 0.1) is 0 Å². The van der Waals surface area contributed by atoms with E-state index in [-0.39, 0.29) is 5.50 Å². The van der Waals surface area contributed by atoms with Crippen LogP contribution in [-0.2, 0) is 6.42 Å². The monoisotopic (exact) mass is 286 g/mol. The average Bonchev–Trinajstić information content (AvgIpc) is 2.40. The van der Waals surface area contributed by atoms with Crippen LogP contribution in [0.4, 0.5) is 0 Å². The lowest BCUT2D eigenvalue weighted by Crippen LogP contribution is -2.46. The Kier molecular flexibility index (Phi) is 5.77. The molecule has 1 unspecified atom stereocenters. The molecule has 0 radical (unpaired) electrons. The molecule has 1 atom stereocenters. The number of rotatable bonds is 5. The number of nitrogens with one attached hydrogen (secondary N) is 1. The van der Waals surface area contributed by atoms with Crippen molar-refractivity contribution in [2.45, 2.75) is 24.8 Å². The summed E-state index contributed by atoms with van der Waals surface area (Å²) in [5.41, 5.74) is 1.47. The summed E-state index contributed by atoms with van der Waals surface area (Å²) in [6.07, 6.45) is 3.20. The van der Waals surface area contributed by atoms with Crippen LogP contribution in [0.3, 0.4) is 0 Å². The minimum absolute atomic E-state index is 0.172. The summed E-state index contributed by atoms with van der Waals surface area (Å²) in [5.74, 6) is 0. The smallest absolute Gasteiger partial charge is 0.0851 e. The number of nitrogens with zero attached hydrogens (tertiary/aromatic N) is 1. The fraction of sp³-hybridized carbons (Fsp3) is 0.571. The first-order valence-electron chi connectivity index (χ1n) is 6.59. The van der Waals surface area contributed by atoms with Gasteiger partial charge >= 0.3 is 0 Å². The van der Waals surface area contributed by atoms with Crippen molar-refractivity contribution in [2.24, 2.45) is 0 Å². The fourth-order valence-corrected chi connectivity index (χ4v) is 2.87. The number of halogens is 2. The third kappa shape index (κ3) is 4.43. The molecule has 1 aromatic rings. The zero-order chi connectivity index (χ0) is 12.8. The molecule has 4 heteroatoms. The van der Waals surface area contributed by atoms with Gasteiger partial charge in [-0.25, -0.2) is 0 Å². The Bertz CT molecular complexity index is 365. The number of benzene rings is 1. The molecule has 1 aromatic carbocycles. The van der Waals surface area contributed by atoms with Crippen LogP contribution in [0.5, 0.6) is 0 Å². The predicted octanol–water partition coefficient (Wildman–Crippen LogP) is 3.13. The van der Waals surface area contributed by atoms with Gasteiger partial charge in [-0.3, -0.25) is 4.90 Å². The molecule has 0 saturated carbocycles. The maximum atomic E-state index is 6.43. The summed E-state index contributed by atoms with van der Waals surface area (Å²) in [4.78, 5) is 2.36. The standard InChI is InChI=1S/C14H20Cl2N2/c15-13-5-1-3-12(11-13)4-2-6-14(16)18-9-7-17-8-10-18/h1,3,5,11,14,17H,2,4,6-10H2. The van der Waals surface area contributed by atoms with Crippen LogP contribution < -0.4 is 5.32 Å². The predicted molar refractivity (Wildman–Crippen MR) is 78.5 cm³/mol. The molecule has 0 amide bonds. The maximum Gasteiger partial charge on any atom is 0.0851 e. The topological polar surface area (TPSA) is 15.3 Å². The van der Waals surface area contributed by atoms with Crippen molar-refractivity contribution in [2.75, 3.05) is 26.2 Å². The molecule has 1 aliphatic rings. The fourth-order valence-electron chi connectivity index (χ4n) is 2.31. The van der Waals surface area contributed by atoms with Crippen molar-refractivity contribution < 1.29 is 0 Å². The van der Waals surface area contributed by atoms with Gasteiger partial charge < -0.3 is 5.32 Å². The van der Waals surface area contributed by atoms with Crippen molar-refractivity contribution in [3.63, 3.8) is 0 Å². The molecule has 1 aliphatic heterocycles. The van der Waals surface area contributed by atoms with Gasteiger partial charge in [0.05, 0.1) is 5.50 Å². The Morgan fingerprint density at radius 3 is 2.78 bits per heavy atom. The van der Waals surface area contributed by atoms with E-state index in [0.29, 0.717) is 0 Å². The highest BCUT2D eigenvalue weighted by atomic mass is 35.5. The van der Waals surface area contributed by atoms with E-state index in [1.54, 1.807) is 0 Å². The lowest BCUT2D eigenvalue weighted by Gasteiger charge is -2.31. The second-order valence-electron chi connectivity index (χ2n) is 4.74. The molecule has 0 aliphatic carbocycles. The SMILES string of the molecule is Clc1cccc(CCCC(Cl)N2CCNCC2)c1. The highest BCUT2D eigenvalue weighted by molar-refractivity contribution is 6.30. The van der Waals surface area contributed by atoms with Gasteiger partial charge in [0.25, 0.3) is 0 Å². The molecule has 1 N–H and O–H groups in total. The number of alkyl halides is 1. The molecule has 18 heavy (non-hydrogen) atoms. The molecular weight excluding hydrogens is 267 g/mol. The van der Waals surface area contributed by atoms with Gasteiger partial charge in [0.1, 0.15) is 0 Å². The van der Waals surface area contributed by atoms with Crippen LogP contribution >= 0.6 is 23.2 Å². The average molecular weight is 287 g/mol. The molecular formula is C14H20Cl2N2. The van der Waals surface area contributed by atoms with Crippen LogP contribution in [-0.4, -0.2) is 36.6 Å². The molecule has 0 bridgehead atoms. The van der Waals surface area contributed by atoms with Crippen molar-refractivity contribution in [3.05, 3.63) is 34.9 Å². The molecule has 0 aromatic heterocycles. The van der Waals surface area contributed by atoms with E-state index in [0.717, 1.165) is 50.5 Å². The Morgan fingerprint density at radius 1 is 1.28 bits per heavy atom. The number of aryl methyl sites for hydroxylation is 1. The van der Waals surface area contributed by atoms with Crippen LogP contribution in [0.2, 0.25) is 5.02 Å². The number of hydrogen-bond acceptors (Lipinski definition) is 2. The second kappa shape index (κ2) is 7.34. The van der Waals surface area contributed by atoms with Gasteiger partial charge in [-0.05, 0) is 37.0 Å². The summed E-state index contributed by atoms with van der Waals surface area (Å²) >= 11 is 12.4. The van der Waals surface area contributed by atoms with Gasteiger partial charge in [0, 0.05) is 31.2 Å². The van der Waals surface area contributed by atoms with E-state index in [4.69, 9.17) is 23.2 Å². The van der Waals surface area contributed by atoms with Crippen molar-refractivity contribution in [1.29, 1.82) is 0 Å². The zero-order valence-corrected chi connectivity index (χ0v) is 12.1. The van der Waals surface area contributed by atoms with Crippen LogP contribution in [0.25, 0.3) is 0 Å². The number of piperazine rings is 1. The largest absolute Gasteiger partial charge is 0.314 e. The minimum Gasteiger partial charge on any atom is -0.314 e. The van der Waals surface area contributed by atoms with E-state index in [2.05, 4.69) is 16.3 Å². The lowest BCUT2D eigenvalue weighted by atomic mass is 10.1. The van der Waals surface area contributed by atoms with Gasteiger partial charge in [-0.1, -0.05) is 23.7 Å². The third-order valence-electron chi connectivity index (χ3n) is 3.34. The first-order chi connectivity index (χ1) is 8.75. The second-order valence-corrected chi connectivity index (χ2v) is 5.68. The Balaban J connectivity index is 1.71. The lowest BCUT2D eigenvalue weighted by molar-refractivity contribution is 0.212. The highest BCUT2D eigenvalue weighted by Crippen LogP contribution is 2.16. The Morgan fingerprint density at radius 2 is 2.06 bits per heavy atom. The normalized spacial score (nSPS) is 18.8. The maximum absolute atomic E-state index is 6.43. The first kappa shape index (κ1) is 14.1. The summed E-state index contributed by atoms with van der Waals surface area (Å²) in [6, 6.07) is 8.08. The summed E-state index contributed by atoms with van der Waals surface area (Å²) < 4.78 is 0. The van der Waals surface area contributed by atoms with Gasteiger partial charge in [0.2, 0.25) is 0 Å². The quantitative estimate of drug-likeness (QED) is 0.661. The molecule has 1 fully saturated rings. The van der Waals surface area contributed by atoms with Gasteiger partial charge in [0.15, 0.2) is 0 Å². The van der Waals surface area contributed by atoms with Gasteiger partial charge in [-0.2, -0.15) is 0 Å². The summed E-state index contributed by atoms with van der Waals surface area (Å²) in [5, 5.41) is 4.16. The zero-order valence-electron chi connectivity index (χ0n) is 10.5. The van der Waals surface area contributed by atoms with E-state index in [1.807, 2.05) is 18.2 Å². The number of hydrogen-bond donors (Lipinski definition) is 1. The Labute approximate surface area is 119 Å². The van der Waals surface area contributed by atoms with Crippen molar-refractivity contribution in [1.82, 2.24) is 10.2 Å². The molecule has 100 valence electrons. The van der Waals surface area contributed by atoms with Crippen molar-refractivity contribution >= 4 is 23.2 Å². The first-order valence-corrected chi connectivity index (χ1v) is 7.40. The van der Waals surface area contributed by atoms with E-state index < -0.39 is 0 Å². The third-order valence-corrected chi connectivity index (χ3v) is 4.07. The Hall–Kier alpha value is -0.280. The van der Waals surface area contributed by atoms with Crippen LogP contribution in [0.15, 0.2) is 24.3 Å². The van der Waals surface area contributed by atoms with Gasteiger partial charge in [-0.15, -0.1) is 11.6 Å². The molecule has 2 nitrogen and oxygen atoms in total. The van der Waals surface area contributed by atoms with E-state index >= 15 is 0 Å². The van der Waals surface area contributed by atoms with E-state index in [9.17, 15) is 0 Å². The molecule has 2 rings (SSSR count). The van der Waals surface area contributed by atoms with Crippen molar-refractivity contribution in [3.8, 4) is 0 Å². The molecule has 1 saturated heterocycles. The molecule has 0 spiro atoms. The van der Waals surface area contributed by atoms with Crippen LogP contribution in [0.1, 0.15) is 18.4 Å². The summed E-state index contributed by atoms with van der Waals surface area (Å²) in [7, 11) is 0. The molecule has 1 heterocycles. The highest BCUT2D eigenvalue weighted by Gasteiger charge is 2.17.